The van der Waals surface area contributed by atoms with Crippen LogP contribution in [-0.2, 0) is 16.4 Å². The number of benzene rings is 2. The molecule has 0 atom stereocenters. The molecule has 0 bridgehead atoms. The molecule has 0 amide bonds. The first-order valence-electron chi connectivity index (χ1n) is 10.9. The lowest BCUT2D eigenvalue weighted by atomic mass is 10.0. The summed E-state index contributed by atoms with van der Waals surface area (Å²) in [7, 11) is -1.71. The number of rotatable bonds is 12. The van der Waals surface area contributed by atoms with Crippen molar-refractivity contribution in [1.82, 2.24) is 4.31 Å². The largest absolute Gasteiger partial charge is 0.399 e. The van der Waals surface area contributed by atoms with E-state index in [0.29, 0.717) is 31.9 Å². The highest BCUT2D eigenvalue weighted by Crippen LogP contribution is 2.27. The van der Waals surface area contributed by atoms with Gasteiger partial charge in [0.25, 0.3) is 0 Å². The van der Waals surface area contributed by atoms with Gasteiger partial charge in [-0.3, -0.25) is 10.0 Å². The molecule has 0 saturated heterocycles. The number of likely N-dealkylation sites (N-methyl/N-ethyl adjacent to an activating group) is 1. The third-order valence-corrected chi connectivity index (χ3v) is 7.52. The first-order chi connectivity index (χ1) is 15.1. The predicted molar refractivity (Wildman–Crippen MR) is 133 cm³/mol. The van der Waals surface area contributed by atoms with Gasteiger partial charge in [0.05, 0.1) is 36.8 Å². The summed E-state index contributed by atoms with van der Waals surface area (Å²) in [5, 5.41) is 13.8. The molecule has 0 heterocycles. The molecule has 2 rings (SSSR count). The quantitative estimate of drug-likeness (QED) is 0.325. The summed E-state index contributed by atoms with van der Waals surface area (Å²) in [4.78, 5) is 0. The van der Waals surface area contributed by atoms with Crippen molar-refractivity contribution in [3.05, 3.63) is 53.1 Å². The monoisotopic (exact) mass is 463 g/mol. The van der Waals surface area contributed by atoms with E-state index in [2.05, 4.69) is 12.1 Å². The Labute approximate surface area is 192 Å². The van der Waals surface area contributed by atoms with E-state index in [9.17, 15) is 13.5 Å². The minimum absolute atomic E-state index is 0.0482. The molecular formula is C23H37N5O3S. The molecule has 0 radical (unpaired) electrons. The van der Waals surface area contributed by atoms with Crippen LogP contribution in [0.25, 0.3) is 0 Å². The molecule has 0 unspecified atom stereocenters. The Balaban J connectivity index is 2.47. The Morgan fingerprint density at radius 1 is 0.938 bits per heavy atom. The summed E-state index contributed by atoms with van der Waals surface area (Å²) >= 11 is 0. The van der Waals surface area contributed by atoms with E-state index in [1.54, 1.807) is 14.0 Å². The number of hydrogen-bond donors (Lipinski definition) is 3. The van der Waals surface area contributed by atoms with Crippen molar-refractivity contribution >= 4 is 27.1 Å². The number of hydrazine groups is 1. The van der Waals surface area contributed by atoms with Crippen LogP contribution in [0.2, 0.25) is 0 Å². The van der Waals surface area contributed by atoms with Gasteiger partial charge in [0.15, 0.2) is 0 Å². The standard InChI is InChI=1S/C23H37N5O3S/c1-5-32(30,31)26(4)12-13-27(22-8-9-23(25)19(3)17-22)28(14-15-29)21-7-6-20(10-11-24)18(2)16-21/h6-9,16-17,29H,5,10-15,24-25H2,1-4H3. The third kappa shape index (κ3) is 6.35. The van der Waals surface area contributed by atoms with E-state index in [1.807, 2.05) is 48.1 Å². The van der Waals surface area contributed by atoms with E-state index in [4.69, 9.17) is 11.5 Å². The second kappa shape index (κ2) is 11.5. The van der Waals surface area contributed by atoms with Crippen LogP contribution in [0.5, 0.6) is 0 Å². The number of hydrogen-bond acceptors (Lipinski definition) is 7. The average Bonchev–Trinajstić information content (AvgIpc) is 2.76. The molecule has 0 saturated carbocycles. The van der Waals surface area contributed by atoms with Crippen LogP contribution in [0, 0.1) is 13.8 Å². The van der Waals surface area contributed by atoms with Crippen molar-refractivity contribution in [2.45, 2.75) is 27.2 Å². The maximum Gasteiger partial charge on any atom is 0.213 e. The number of aliphatic hydroxyl groups excluding tert-OH is 1. The first-order valence-corrected chi connectivity index (χ1v) is 12.5. The van der Waals surface area contributed by atoms with Gasteiger partial charge in [-0.05, 0) is 80.8 Å². The molecule has 0 aliphatic heterocycles. The number of sulfonamides is 1. The Hall–Kier alpha value is -2.33. The van der Waals surface area contributed by atoms with Crippen LogP contribution in [0.3, 0.4) is 0 Å². The van der Waals surface area contributed by atoms with E-state index >= 15 is 0 Å². The van der Waals surface area contributed by atoms with Gasteiger partial charge in [-0.25, -0.2) is 12.7 Å². The number of nitrogens with zero attached hydrogens (tertiary/aromatic N) is 3. The molecule has 32 heavy (non-hydrogen) atoms. The van der Waals surface area contributed by atoms with E-state index in [-0.39, 0.29) is 12.4 Å². The summed E-state index contributed by atoms with van der Waals surface area (Å²) in [6, 6.07) is 11.9. The van der Waals surface area contributed by atoms with Gasteiger partial charge < -0.3 is 16.6 Å². The van der Waals surface area contributed by atoms with Crippen molar-refractivity contribution in [1.29, 1.82) is 0 Å². The highest BCUT2D eigenvalue weighted by molar-refractivity contribution is 7.89. The molecule has 2 aromatic carbocycles. The second-order valence-corrected chi connectivity index (χ2v) is 10.2. The van der Waals surface area contributed by atoms with Crippen molar-refractivity contribution in [3.8, 4) is 0 Å². The fraction of sp³-hybridized carbons (Fsp3) is 0.478. The topological polar surface area (TPSA) is 116 Å². The SMILES string of the molecule is CCS(=O)(=O)N(C)CCN(c1ccc(N)c(C)c1)N(CCO)c1ccc(CCN)c(C)c1. The number of nitrogens with two attached hydrogens (primary N) is 2. The molecule has 0 aliphatic rings. The van der Waals surface area contributed by atoms with Gasteiger partial charge >= 0.3 is 0 Å². The van der Waals surface area contributed by atoms with Crippen molar-refractivity contribution in [2.75, 3.05) is 61.3 Å². The molecular weight excluding hydrogens is 426 g/mol. The molecule has 5 N–H and O–H groups in total. The lowest BCUT2D eigenvalue weighted by Gasteiger charge is -2.39. The molecule has 9 heteroatoms. The van der Waals surface area contributed by atoms with Crippen LogP contribution in [0.4, 0.5) is 17.1 Å². The zero-order chi connectivity index (χ0) is 23.9. The summed E-state index contributed by atoms with van der Waals surface area (Å²) in [6.45, 7) is 7.19. The van der Waals surface area contributed by atoms with Crippen LogP contribution < -0.4 is 21.5 Å². The highest BCUT2D eigenvalue weighted by Gasteiger charge is 2.22. The molecule has 178 valence electrons. The van der Waals surface area contributed by atoms with Gasteiger partial charge in [-0.15, -0.1) is 0 Å². The lowest BCUT2D eigenvalue weighted by Crippen LogP contribution is -2.48. The van der Waals surface area contributed by atoms with Crippen LogP contribution in [-0.4, -0.2) is 63.4 Å². The predicted octanol–water partition coefficient (Wildman–Crippen LogP) is 1.89. The molecule has 8 nitrogen and oxygen atoms in total. The van der Waals surface area contributed by atoms with Crippen molar-refractivity contribution < 1.29 is 13.5 Å². The van der Waals surface area contributed by atoms with Crippen LogP contribution in [0.1, 0.15) is 23.6 Å². The summed E-state index contributed by atoms with van der Waals surface area (Å²) in [5.41, 5.74) is 17.5. The highest BCUT2D eigenvalue weighted by atomic mass is 32.2. The first kappa shape index (κ1) is 25.9. The Kier molecular flexibility index (Phi) is 9.33. The number of anilines is 3. The molecule has 0 fully saturated rings. The summed E-state index contributed by atoms with van der Waals surface area (Å²) < 4.78 is 25.9. The minimum Gasteiger partial charge on any atom is -0.399 e. The summed E-state index contributed by atoms with van der Waals surface area (Å²) in [5.74, 6) is 0.0482. The van der Waals surface area contributed by atoms with Gasteiger partial charge in [-0.2, -0.15) is 0 Å². The molecule has 2 aromatic rings. The van der Waals surface area contributed by atoms with E-state index < -0.39 is 10.0 Å². The summed E-state index contributed by atoms with van der Waals surface area (Å²) in [6.07, 6.45) is 0.798. The fourth-order valence-corrected chi connectivity index (χ4v) is 4.37. The normalized spacial score (nSPS) is 11.7. The second-order valence-electron chi connectivity index (χ2n) is 7.88. The Bertz CT molecular complexity index is 997. The zero-order valence-electron chi connectivity index (χ0n) is 19.6. The third-order valence-electron chi connectivity index (χ3n) is 5.66. The number of aliphatic hydroxyl groups is 1. The van der Waals surface area contributed by atoms with E-state index in [0.717, 1.165) is 28.9 Å². The fourth-order valence-electron chi connectivity index (χ4n) is 3.57. The molecule has 0 spiro atoms. The Morgan fingerprint density at radius 3 is 2.06 bits per heavy atom. The van der Waals surface area contributed by atoms with Gasteiger partial charge in [0.2, 0.25) is 10.0 Å². The van der Waals surface area contributed by atoms with Gasteiger partial charge in [0.1, 0.15) is 0 Å². The smallest absolute Gasteiger partial charge is 0.213 e. The van der Waals surface area contributed by atoms with E-state index in [1.165, 1.54) is 9.87 Å². The average molecular weight is 464 g/mol. The van der Waals surface area contributed by atoms with Gasteiger partial charge in [0, 0.05) is 19.3 Å². The van der Waals surface area contributed by atoms with Crippen LogP contribution in [0.15, 0.2) is 36.4 Å². The van der Waals surface area contributed by atoms with Gasteiger partial charge in [-0.1, -0.05) is 6.07 Å². The number of nitrogen functional groups attached to an aromatic ring is 1. The van der Waals surface area contributed by atoms with Crippen molar-refractivity contribution in [3.63, 3.8) is 0 Å². The molecule has 0 aliphatic carbocycles. The molecule has 0 aromatic heterocycles. The Morgan fingerprint density at radius 2 is 1.53 bits per heavy atom. The van der Waals surface area contributed by atoms with Crippen LogP contribution >= 0.6 is 0 Å². The minimum atomic E-state index is -3.31. The maximum absolute atomic E-state index is 12.3. The van der Waals surface area contributed by atoms with Crippen molar-refractivity contribution in [2.24, 2.45) is 5.73 Å². The number of aryl methyl sites for hydroxylation is 2. The zero-order valence-corrected chi connectivity index (χ0v) is 20.4. The lowest BCUT2D eigenvalue weighted by molar-refractivity contribution is 0.300. The maximum atomic E-state index is 12.3.